The number of ether oxygens (including phenoxy) is 1. The number of rotatable bonds is 9. The van der Waals surface area contributed by atoms with E-state index in [1.165, 1.54) is 0 Å². The third-order valence-electron chi connectivity index (χ3n) is 4.39. The number of carbonyl (C=O) groups is 2. The predicted molar refractivity (Wildman–Crippen MR) is 95.4 cm³/mol. The van der Waals surface area contributed by atoms with E-state index >= 15 is 0 Å². The van der Waals surface area contributed by atoms with Gasteiger partial charge in [-0.25, -0.2) is 5.01 Å². The van der Waals surface area contributed by atoms with Crippen LogP contribution in [0.3, 0.4) is 0 Å². The van der Waals surface area contributed by atoms with Crippen molar-refractivity contribution in [1.82, 2.24) is 10.0 Å². The highest BCUT2D eigenvalue weighted by atomic mass is 16.5. The van der Waals surface area contributed by atoms with Gasteiger partial charge in [0.25, 0.3) is 5.91 Å². The first-order valence-electron chi connectivity index (χ1n) is 8.82. The van der Waals surface area contributed by atoms with Crippen LogP contribution < -0.4 is 0 Å². The van der Waals surface area contributed by atoms with Crippen molar-refractivity contribution in [2.75, 3.05) is 26.2 Å². The molecule has 1 unspecified atom stereocenters. The molecule has 0 N–H and O–H groups in total. The first kappa shape index (κ1) is 20.2. The molecule has 0 radical (unpaired) electrons. The number of amides is 1. The van der Waals surface area contributed by atoms with Gasteiger partial charge in [0, 0.05) is 19.6 Å². The quantitative estimate of drug-likeness (QED) is 0.396. The van der Waals surface area contributed by atoms with Crippen LogP contribution in [-0.2, 0) is 19.7 Å². The molecule has 134 valence electrons. The molecule has 1 aromatic rings. The molecule has 1 rings (SSSR count). The molecule has 1 amide bonds. The summed E-state index contributed by atoms with van der Waals surface area (Å²) in [5, 5.41) is 3.63. The zero-order chi connectivity index (χ0) is 18.2. The fourth-order valence-electron chi connectivity index (χ4n) is 3.06. The second-order valence-corrected chi connectivity index (χ2v) is 5.51. The summed E-state index contributed by atoms with van der Waals surface area (Å²) in [5.74, 6) is -0.699. The van der Waals surface area contributed by atoms with Gasteiger partial charge in [-0.15, -0.1) is 0 Å². The number of hydrogen-bond acceptors (Lipinski definition) is 4. The van der Waals surface area contributed by atoms with Gasteiger partial charge >= 0.3 is 5.97 Å². The molecule has 5 nitrogen and oxygen atoms in total. The number of benzene rings is 1. The summed E-state index contributed by atoms with van der Waals surface area (Å²) >= 11 is 0. The molecule has 0 bridgehead atoms. The minimum Gasteiger partial charge on any atom is -0.465 e. The van der Waals surface area contributed by atoms with Crippen LogP contribution in [0.5, 0.6) is 0 Å². The topological polar surface area (TPSA) is 49.9 Å². The van der Waals surface area contributed by atoms with Gasteiger partial charge in [-0.1, -0.05) is 51.1 Å². The molecule has 0 saturated heterocycles. The SMILES string of the molecule is CCOC(=O)C(CC)(C(=O)N(CC)N(CC)CC)c1ccccc1. The van der Waals surface area contributed by atoms with Crippen LogP contribution in [0.15, 0.2) is 30.3 Å². The molecular weight excluding hydrogens is 304 g/mol. The summed E-state index contributed by atoms with van der Waals surface area (Å²) in [5.41, 5.74) is -0.628. The highest BCUT2D eigenvalue weighted by Gasteiger charge is 2.50. The Morgan fingerprint density at radius 2 is 1.54 bits per heavy atom. The summed E-state index contributed by atoms with van der Waals surface area (Å²) < 4.78 is 5.31. The minimum atomic E-state index is -1.31. The lowest BCUT2D eigenvalue weighted by molar-refractivity contribution is -0.167. The van der Waals surface area contributed by atoms with Crippen molar-refractivity contribution in [3.05, 3.63) is 35.9 Å². The molecule has 0 fully saturated rings. The summed E-state index contributed by atoms with van der Waals surface area (Å²) in [7, 11) is 0. The Hall–Kier alpha value is -1.88. The van der Waals surface area contributed by atoms with Crippen LogP contribution in [0.1, 0.15) is 46.6 Å². The van der Waals surface area contributed by atoms with Crippen molar-refractivity contribution in [3.63, 3.8) is 0 Å². The summed E-state index contributed by atoms with van der Waals surface area (Å²) in [6.45, 7) is 11.7. The second-order valence-electron chi connectivity index (χ2n) is 5.51. The van der Waals surface area contributed by atoms with Crippen LogP contribution in [0, 0.1) is 0 Å². The van der Waals surface area contributed by atoms with Crippen LogP contribution >= 0.6 is 0 Å². The molecule has 0 aliphatic carbocycles. The van der Waals surface area contributed by atoms with Crippen LogP contribution in [0.25, 0.3) is 0 Å². The smallest absolute Gasteiger partial charge is 0.326 e. The van der Waals surface area contributed by atoms with Crippen molar-refractivity contribution >= 4 is 11.9 Å². The van der Waals surface area contributed by atoms with E-state index in [2.05, 4.69) is 0 Å². The van der Waals surface area contributed by atoms with Crippen molar-refractivity contribution in [3.8, 4) is 0 Å². The van der Waals surface area contributed by atoms with Gasteiger partial charge in [0.15, 0.2) is 5.41 Å². The third kappa shape index (κ3) is 3.78. The lowest BCUT2D eigenvalue weighted by Crippen LogP contribution is -2.57. The fraction of sp³-hybridized carbons (Fsp3) is 0.579. The van der Waals surface area contributed by atoms with E-state index in [-0.39, 0.29) is 12.5 Å². The third-order valence-corrected chi connectivity index (χ3v) is 4.39. The largest absolute Gasteiger partial charge is 0.465 e. The normalized spacial score (nSPS) is 13.4. The Labute approximate surface area is 145 Å². The first-order chi connectivity index (χ1) is 11.5. The Morgan fingerprint density at radius 3 is 1.96 bits per heavy atom. The van der Waals surface area contributed by atoms with Crippen LogP contribution in [-0.4, -0.2) is 48.1 Å². The van der Waals surface area contributed by atoms with E-state index in [0.29, 0.717) is 31.6 Å². The van der Waals surface area contributed by atoms with E-state index in [4.69, 9.17) is 4.74 Å². The molecule has 0 aliphatic rings. The highest BCUT2D eigenvalue weighted by Crippen LogP contribution is 2.32. The summed E-state index contributed by atoms with van der Waals surface area (Å²) in [4.78, 5) is 26.4. The average Bonchev–Trinajstić information content (AvgIpc) is 2.61. The number of carbonyl (C=O) groups excluding carboxylic acids is 2. The summed E-state index contributed by atoms with van der Waals surface area (Å²) in [6, 6.07) is 9.23. The van der Waals surface area contributed by atoms with Gasteiger partial charge in [-0.3, -0.25) is 14.6 Å². The molecule has 1 atom stereocenters. The minimum absolute atomic E-state index is 0.221. The van der Waals surface area contributed by atoms with Crippen molar-refractivity contribution in [2.24, 2.45) is 0 Å². The Bertz CT molecular complexity index is 529. The van der Waals surface area contributed by atoms with Gasteiger partial charge in [-0.2, -0.15) is 0 Å². The van der Waals surface area contributed by atoms with Gasteiger partial charge in [0.1, 0.15) is 0 Å². The van der Waals surface area contributed by atoms with Gasteiger partial charge in [0.05, 0.1) is 6.61 Å². The number of esters is 1. The molecular formula is C19H30N2O3. The van der Waals surface area contributed by atoms with E-state index in [9.17, 15) is 9.59 Å². The number of nitrogens with zero attached hydrogens (tertiary/aromatic N) is 2. The molecule has 0 spiro atoms. The van der Waals surface area contributed by atoms with Crippen molar-refractivity contribution in [1.29, 1.82) is 0 Å². The molecule has 0 heterocycles. The van der Waals surface area contributed by atoms with E-state index < -0.39 is 11.4 Å². The number of hydrogen-bond donors (Lipinski definition) is 0. The fourth-order valence-corrected chi connectivity index (χ4v) is 3.06. The maximum Gasteiger partial charge on any atom is 0.326 e. The van der Waals surface area contributed by atoms with E-state index in [1.807, 2.05) is 63.0 Å². The standard InChI is InChI=1S/C19H30N2O3/c1-6-19(18(23)24-10-5,16-14-12-11-13-15-16)17(22)21(9-4)20(7-2)8-3/h11-15H,6-10H2,1-5H3. The maximum absolute atomic E-state index is 13.5. The Kier molecular flexibility index (Phi) is 7.92. The van der Waals surface area contributed by atoms with Crippen molar-refractivity contribution in [2.45, 2.75) is 46.5 Å². The summed E-state index contributed by atoms with van der Waals surface area (Å²) in [6.07, 6.45) is 0.354. The number of hydrazine groups is 1. The molecule has 5 heteroatoms. The van der Waals surface area contributed by atoms with Gasteiger partial charge in [-0.05, 0) is 25.8 Å². The molecule has 0 aromatic heterocycles. The molecule has 1 aromatic carbocycles. The van der Waals surface area contributed by atoms with E-state index in [0.717, 1.165) is 0 Å². The Balaban J connectivity index is 3.45. The van der Waals surface area contributed by atoms with Gasteiger partial charge < -0.3 is 4.74 Å². The van der Waals surface area contributed by atoms with Gasteiger partial charge in [0.2, 0.25) is 0 Å². The molecule has 0 saturated carbocycles. The zero-order valence-corrected chi connectivity index (χ0v) is 15.5. The van der Waals surface area contributed by atoms with Crippen LogP contribution in [0.2, 0.25) is 0 Å². The number of likely N-dealkylation sites (N-methyl/N-ethyl adjacent to an activating group) is 1. The molecule has 24 heavy (non-hydrogen) atoms. The first-order valence-corrected chi connectivity index (χ1v) is 8.82. The monoisotopic (exact) mass is 334 g/mol. The van der Waals surface area contributed by atoms with Crippen LogP contribution in [0.4, 0.5) is 0 Å². The van der Waals surface area contributed by atoms with E-state index in [1.54, 1.807) is 11.9 Å². The van der Waals surface area contributed by atoms with Crippen molar-refractivity contribution < 1.29 is 14.3 Å². The highest BCUT2D eigenvalue weighted by molar-refractivity contribution is 6.08. The zero-order valence-electron chi connectivity index (χ0n) is 15.5. The lowest BCUT2D eigenvalue weighted by Gasteiger charge is -2.39. The lowest BCUT2D eigenvalue weighted by atomic mass is 9.76. The maximum atomic E-state index is 13.5. The average molecular weight is 334 g/mol. The Morgan fingerprint density at radius 1 is 0.958 bits per heavy atom. The second kappa shape index (κ2) is 9.42. The predicted octanol–water partition coefficient (Wildman–Crippen LogP) is 3.00. The molecule has 0 aliphatic heterocycles.